The van der Waals surface area contributed by atoms with Crippen LogP contribution in [-0.4, -0.2) is 53.8 Å². The third-order valence-corrected chi connectivity index (χ3v) is 3.08. The maximum absolute atomic E-state index is 12.3. The van der Waals surface area contributed by atoms with Crippen molar-refractivity contribution in [2.24, 2.45) is 0 Å². The number of carbonyl (C=O) groups is 2. The first-order valence-corrected chi connectivity index (χ1v) is 6.53. The summed E-state index contributed by atoms with van der Waals surface area (Å²) in [6.07, 6.45) is 2.65. The Morgan fingerprint density at radius 1 is 1.33 bits per heavy atom. The summed E-state index contributed by atoms with van der Waals surface area (Å²) in [4.78, 5) is 36.9. The number of hydrogen-bond donors (Lipinski definition) is 1. The minimum absolute atomic E-state index is 0.0699. The highest BCUT2D eigenvalue weighted by Crippen LogP contribution is 2.08. The maximum Gasteiger partial charge on any atom is 0.341 e. The highest BCUT2D eigenvalue weighted by Gasteiger charge is 2.21. The second kappa shape index (κ2) is 7.03. The van der Waals surface area contributed by atoms with Crippen LogP contribution in [0.3, 0.4) is 0 Å². The lowest BCUT2D eigenvalue weighted by Gasteiger charge is -2.18. The Balaban J connectivity index is 3.31. The van der Waals surface area contributed by atoms with E-state index in [0.717, 1.165) is 0 Å². The largest absolute Gasteiger partial charge is 0.477 e. The average molecular weight is 296 g/mol. The second-order valence-corrected chi connectivity index (χ2v) is 4.98. The minimum Gasteiger partial charge on any atom is -0.477 e. The van der Waals surface area contributed by atoms with Crippen molar-refractivity contribution in [3.05, 3.63) is 33.7 Å². The Kier molecular flexibility index (Phi) is 5.66. The number of likely N-dealkylation sites (N-methyl/N-ethyl adjacent to an activating group) is 1. The molecule has 21 heavy (non-hydrogen) atoms. The summed E-state index contributed by atoms with van der Waals surface area (Å²) in [5.74, 6) is -1.86. The SMILES string of the molecule is COCCN(C)C(=O)c1cn(C(C)C)cc(C(=O)O)c1=O. The van der Waals surface area contributed by atoms with E-state index in [-0.39, 0.29) is 11.6 Å². The van der Waals surface area contributed by atoms with Crippen molar-refractivity contribution in [2.75, 3.05) is 27.3 Å². The van der Waals surface area contributed by atoms with Gasteiger partial charge < -0.3 is 19.3 Å². The van der Waals surface area contributed by atoms with E-state index in [4.69, 9.17) is 9.84 Å². The van der Waals surface area contributed by atoms with Crippen LogP contribution in [0.4, 0.5) is 0 Å². The van der Waals surface area contributed by atoms with Crippen LogP contribution in [-0.2, 0) is 4.74 Å². The summed E-state index contributed by atoms with van der Waals surface area (Å²) < 4.78 is 6.43. The third kappa shape index (κ3) is 3.91. The number of carbonyl (C=O) groups excluding carboxylic acids is 1. The summed E-state index contributed by atoms with van der Waals surface area (Å²) in [5.41, 5.74) is -1.33. The predicted molar refractivity (Wildman–Crippen MR) is 76.9 cm³/mol. The number of aromatic carboxylic acids is 1. The minimum atomic E-state index is -1.34. The average Bonchev–Trinajstić information content (AvgIpc) is 2.43. The molecule has 116 valence electrons. The lowest BCUT2D eigenvalue weighted by atomic mass is 10.1. The standard InChI is InChI=1S/C14H20N2O5/c1-9(2)16-7-10(12(17)11(8-16)14(19)20)13(18)15(3)5-6-21-4/h7-9H,5-6H2,1-4H3,(H,19,20). The molecule has 0 unspecified atom stereocenters. The number of amides is 1. The molecule has 0 spiro atoms. The van der Waals surface area contributed by atoms with Gasteiger partial charge in [-0.25, -0.2) is 4.79 Å². The number of nitrogens with zero attached hydrogens (tertiary/aromatic N) is 2. The predicted octanol–water partition coefficient (Wildman–Crippen LogP) is 0.846. The molecule has 1 rings (SSSR count). The van der Waals surface area contributed by atoms with E-state index in [9.17, 15) is 14.4 Å². The van der Waals surface area contributed by atoms with Gasteiger partial charge in [-0.15, -0.1) is 0 Å². The van der Waals surface area contributed by atoms with Crippen LogP contribution in [0.25, 0.3) is 0 Å². The molecule has 1 aromatic rings. The molecule has 0 aliphatic rings. The van der Waals surface area contributed by atoms with Crippen molar-refractivity contribution in [1.29, 1.82) is 0 Å². The number of carboxylic acid groups (broad SMARTS) is 1. The summed E-state index contributed by atoms with van der Waals surface area (Å²) >= 11 is 0. The van der Waals surface area contributed by atoms with Gasteiger partial charge in [-0.2, -0.15) is 0 Å². The molecule has 7 nitrogen and oxygen atoms in total. The molecule has 0 atom stereocenters. The van der Waals surface area contributed by atoms with Crippen LogP contribution in [0.1, 0.15) is 40.6 Å². The Bertz CT molecular complexity index is 592. The molecule has 1 amide bonds. The molecule has 0 saturated heterocycles. The molecule has 0 aromatic carbocycles. The molecule has 0 bridgehead atoms. The number of aromatic nitrogens is 1. The van der Waals surface area contributed by atoms with Crippen molar-refractivity contribution >= 4 is 11.9 Å². The molecule has 0 saturated carbocycles. The molecule has 0 aliphatic carbocycles. The van der Waals surface area contributed by atoms with Crippen LogP contribution < -0.4 is 5.43 Å². The van der Waals surface area contributed by atoms with Crippen LogP contribution in [0.15, 0.2) is 17.2 Å². The first kappa shape index (κ1) is 16.9. The zero-order chi connectivity index (χ0) is 16.2. The number of methoxy groups -OCH3 is 1. The van der Waals surface area contributed by atoms with Crippen LogP contribution in [0.5, 0.6) is 0 Å². The van der Waals surface area contributed by atoms with Crippen molar-refractivity contribution in [1.82, 2.24) is 9.47 Å². The Labute approximate surface area is 122 Å². The number of rotatable bonds is 6. The first-order chi connectivity index (χ1) is 9.79. The quantitative estimate of drug-likeness (QED) is 0.840. The van der Waals surface area contributed by atoms with E-state index in [1.54, 1.807) is 4.57 Å². The lowest BCUT2D eigenvalue weighted by molar-refractivity contribution is 0.0694. The van der Waals surface area contributed by atoms with E-state index in [0.29, 0.717) is 13.2 Å². The zero-order valence-corrected chi connectivity index (χ0v) is 12.6. The fraction of sp³-hybridized carbons (Fsp3) is 0.500. The molecule has 0 fully saturated rings. The van der Waals surface area contributed by atoms with Crippen molar-refractivity contribution in [2.45, 2.75) is 19.9 Å². The van der Waals surface area contributed by atoms with Crippen LogP contribution >= 0.6 is 0 Å². The van der Waals surface area contributed by atoms with Gasteiger partial charge in [0.15, 0.2) is 0 Å². The summed E-state index contributed by atoms with van der Waals surface area (Å²) in [6.45, 7) is 4.31. The van der Waals surface area contributed by atoms with E-state index >= 15 is 0 Å². The molecule has 0 radical (unpaired) electrons. The van der Waals surface area contributed by atoms with Gasteiger partial charge in [0.1, 0.15) is 11.1 Å². The van der Waals surface area contributed by atoms with Gasteiger partial charge in [-0.1, -0.05) is 0 Å². The fourth-order valence-corrected chi connectivity index (χ4v) is 1.74. The normalized spacial score (nSPS) is 10.7. The van der Waals surface area contributed by atoms with E-state index in [1.807, 2.05) is 13.8 Å². The number of carboxylic acids is 1. The van der Waals surface area contributed by atoms with Crippen molar-refractivity contribution in [3.8, 4) is 0 Å². The van der Waals surface area contributed by atoms with Gasteiger partial charge in [-0.3, -0.25) is 9.59 Å². The molecule has 0 aliphatic heterocycles. The van der Waals surface area contributed by atoms with Crippen LogP contribution in [0.2, 0.25) is 0 Å². The Hall–Kier alpha value is -2.15. The topological polar surface area (TPSA) is 88.8 Å². The van der Waals surface area contributed by atoms with Gasteiger partial charge in [0, 0.05) is 39.1 Å². The van der Waals surface area contributed by atoms with Gasteiger partial charge >= 0.3 is 5.97 Å². The fourth-order valence-electron chi connectivity index (χ4n) is 1.74. The summed E-state index contributed by atoms with van der Waals surface area (Å²) in [7, 11) is 3.04. The van der Waals surface area contributed by atoms with E-state index in [1.165, 1.54) is 31.5 Å². The Morgan fingerprint density at radius 2 is 1.90 bits per heavy atom. The first-order valence-electron chi connectivity index (χ1n) is 6.53. The van der Waals surface area contributed by atoms with Gasteiger partial charge in [0.25, 0.3) is 5.91 Å². The highest BCUT2D eigenvalue weighted by atomic mass is 16.5. The van der Waals surface area contributed by atoms with Crippen molar-refractivity contribution in [3.63, 3.8) is 0 Å². The number of pyridine rings is 1. The monoisotopic (exact) mass is 296 g/mol. The van der Waals surface area contributed by atoms with Crippen LogP contribution in [0, 0.1) is 0 Å². The maximum atomic E-state index is 12.3. The lowest BCUT2D eigenvalue weighted by Crippen LogP contribution is -2.35. The van der Waals surface area contributed by atoms with Gasteiger partial charge in [0.2, 0.25) is 5.43 Å². The summed E-state index contributed by atoms with van der Waals surface area (Å²) in [5, 5.41) is 9.10. The van der Waals surface area contributed by atoms with Gasteiger partial charge in [-0.05, 0) is 13.8 Å². The molecule has 7 heteroatoms. The molecule has 1 aromatic heterocycles. The van der Waals surface area contributed by atoms with E-state index < -0.39 is 22.9 Å². The van der Waals surface area contributed by atoms with Crippen molar-refractivity contribution < 1.29 is 19.4 Å². The van der Waals surface area contributed by atoms with Gasteiger partial charge in [0.05, 0.1) is 6.61 Å². The molecular weight excluding hydrogens is 276 g/mol. The second-order valence-electron chi connectivity index (χ2n) is 4.98. The number of hydrogen-bond acceptors (Lipinski definition) is 4. The van der Waals surface area contributed by atoms with E-state index in [2.05, 4.69) is 0 Å². The molecule has 1 N–H and O–H groups in total. The highest BCUT2D eigenvalue weighted by molar-refractivity contribution is 5.96. The number of ether oxygens (including phenoxy) is 1. The smallest absolute Gasteiger partial charge is 0.341 e. The third-order valence-electron chi connectivity index (χ3n) is 3.08. The summed E-state index contributed by atoms with van der Waals surface area (Å²) in [6, 6.07) is -0.0699. The molecule has 1 heterocycles. The Morgan fingerprint density at radius 3 is 2.38 bits per heavy atom. The molecular formula is C14H20N2O5. The zero-order valence-electron chi connectivity index (χ0n) is 12.6.